The van der Waals surface area contributed by atoms with E-state index in [1.54, 1.807) is 0 Å². The molecule has 0 saturated heterocycles. The van der Waals surface area contributed by atoms with Crippen LogP contribution in [0.15, 0.2) is 0 Å². The summed E-state index contributed by atoms with van der Waals surface area (Å²) in [7, 11) is 0. The lowest BCUT2D eigenvalue weighted by Crippen LogP contribution is -2.40. The van der Waals surface area contributed by atoms with Crippen LogP contribution in [-0.4, -0.2) is 84.9 Å². The summed E-state index contributed by atoms with van der Waals surface area (Å²) >= 11 is 0. The Balaban J connectivity index is -0.000000142. The zero-order chi connectivity index (χ0) is 23.1. The van der Waals surface area contributed by atoms with Gasteiger partial charge in [0, 0.05) is 19.3 Å². The van der Waals surface area contributed by atoms with Crippen LogP contribution in [0.5, 0.6) is 0 Å². The fourth-order valence-electron chi connectivity index (χ4n) is 1.06. The van der Waals surface area contributed by atoms with Crippen LogP contribution in [0.3, 0.4) is 0 Å². The highest BCUT2D eigenvalue weighted by atomic mass is 16.4. The van der Waals surface area contributed by atoms with E-state index >= 15 is 0 Å². The summed E-state index contributed by atoms with van der Waals surface area (Å²) in [6.45, 7) is 4.84. The van der Waals surface area contributed by atoms with Crippen LogP contribution in [0.4, 0.5) is 0 Å². The van der Waals surface area contributed by atoms with Crippen LogP contribution >= 0.6 is 0 Å². The number of aldehydes is 1. The molecule has 0 aliphatic carbocycles. The maximum absolute atomic E-state index is 9.76. The van der Waals surface area contributed by atoms with Gasteiger partial charge in [0.05, 0.1) is 6.61 Å². The van der Waals surface area contributed by atoms with Crippen molar-refractivity contribution in [3.8, 4) is 0 Å². The number of carboxylic acids is 3. The van der Waals surface area contributed by atoms with Gasteiger partial charge in [-0.1, -0.05) is 20.8 Å². The predicted octanol–water partition coefficient (Wildman–Crippen LogP) is -0.126. The Hall–Kier alpha value is -2.08. The first-order valence-corrected chi connectivity index (χ1v) is 8.70. The van der Waals surface area contributed by atoms with E-state index in [0.717, 1.165) is 19.3 Å². The smallest absolute Gasteiger partial charge is 0.303 e. The van der Waals surface area contributed by atoms with Crippen molar-refractivity contribution < 1.29 is 54.9 Å². The van der Waals surface area contributed by atoms with Gasteiger partial charge >= 0.3 is 17.9 Å². The first-order chi connectivity index (χ1) is 12.9. The third kappa shape index (κ3) is 35.1. The molecule has 7 N–H and O–H groups in total. The zero-order valence-corrected chi connectivity index (χ0v) is 16.5. The summed E-state index contributed by atoms with van der Waals surface area (Å²) in [4.78, 5) is 38.6. The number of aliphatic hydroxyl groups is 4. The fraction of sp³-hybridized carbons (Fsp3) is 0.765. The average molecular weight is 414 g/mol. The van der Waals surface area contributed by atoms with E-state index in [-0.39, 0.29) is 6.29 Å². The second-order valence-corrected chi connectivity index (χ2v) is 5.30. The van der Waals surface area contributed by atoms with E-state index in [4.69, 9.17) is 35.7 Å². The molecule has 3 atom stereocenters. The molecule has 0 heterocycles. The van der Waals surface area contributed by atoms with E-state index in [2.05, 4.69) is 0 Å². The lowest BCUT2D eigenvalue weighted by Gasteiger charge is -2.16. The summed E-state index contributed by atoms with van der Waals surface area (Å²) in [5.41, 5.74) is 0. The quantitative estimate of drug-likeness (QED) is 0.234. The molecule has 168 valence electrons. The molecule has 0 aromatic heterocycles. The second-order valence-electron chi connectivity index (χ2n) is 5.30. The number of carbonyl (C=O) groups excluding carboxylic acids is 1. The monoisotopic (exact) mass is 414 g/mol. The Morgan fingerprint density at radius 3 is 1.14 bits per heavy atom. The van der Waals surface area contributed by atoms with Crippen LogP contribution in [0.2, 0.25) is 0 Å². The summed E-state index contributed by atoms with van der Waals surface area (Å²) in [6.07, 6.45) is -1.56. The van der Waals surface area contributed by atoms with Gasteiger partial charge in [0.2, 0.25) is 0 Å². The van der Waals surface area contributed by atoms with Gasteiger partial charge in [-0.15, -0.1) is 0 Å². The van der Waals surface area contributed by atoms with Gasteiger partial charge in [-0.3, -0.25) is 14.4 Å². The fourth-order valence-corrected chi connectivity index (χ4v) is 1.06. The Bertz CT molecular complexity index is 361. The number of hydrogen-bond acceptors (Lipinski definition) is 8. The second kappa shape index (κ2) is 24.9. The summed E-state index contributed by atoms with van der Waals surface area (Å²) < 4.78 is 0. The molecule has 0 aromatic carbocycles. The molecular formula is C17H34O11. The van der Waals surface area contributed by atoms with Crippen LogP contribution in [0.25, 0.3) is 0 Å². The Labute approximate surface area is 164 Å². The van der Waals surface area contributed by atoms with Crippen molar-refractivity contribution in [2.24, 2.45) is 0 Å². The van der Waals surface area contributed by atoms with Gasteiger partial charge in [0.25, 0.3) is 0 Å². The third-order valence-corrected chi connectivity index (χ3v) is 2.46. The lowest BCUT2D eigenvalue weighted by molar-refractivity contribution is -0.138. The molecule has 11 nitrogen and oxygen atoms in total. The highest BCUT2D eigenvalue weighted by molar-refractivity contribution is 5.67. The molecule has 0 rings (SSSR count). The van der Waals surface area contributed by atoms with Crippen molar-refractivity contribution in [2.45, 2.75) is 77.6 Å². The summed E-state index contributed by atoms with van der Waals surface area (Å²) in [5, 5.41) is 57.8. The van der Waals surface area contributed by atoms with Crippen molar-refractivity contribution in [1.29, 1.82) is 0 Å². The zero-order valence-electron chi connectivity index (χ0n) is 16.5. The SMILES string of the molecule is CCCC(=O)O.CCCC(=O)O.CCCC(=O)O.O=CC(O)C(O)C(O)CO. The maximum Gasteiger partial charge on any atom is 0.303 e. The minimum atomic E-state index is -1.64. The van der Waals surface area contributed by atoms with Gasteiger partial charge in [0.15, 0.2) is 6.29 Å². The van der Waals surface area contributed by atoms with Crippen LogP contribution < -0.4 is 0 Å². The Morgan fingerprint density at radius 2 is 1.04 bits per heavy atom. The number of carbonyl (C=O) groups is 4. The van der Waals surface area contributed by atoms with Gasteiger partial charge in [-0.2, -0.15) is 0 Å². The molecule has 0 fully saturated rings. The summed E-state index contributed by atoms with van der Waals surface area (Å²) in [6, 6.07) is 0. The van der Waals surface area contributed by atoms with Gasteiger partial charge in [0.1, 0.15) is 18.3 Å². The molecule has 0 bridgehead atoms. The molecule has 0 saturated carbocycles. The number of aliphatic hydroxyl groups excluding tert-OH is 4. The lowest BCUT2D eigenvalue weighted by atomic mass is 10.1. The molecule has 28 heavy (non-hydrogen) atoms. The van der Waals surface area contributed by atoms with E-state index < -0.39 is 42.8 Å². The number of rotatable bonds is 10. The van der Waals surface area contributed by atoms with Gasteiger partial charge in [-0.05, 0) is 19.3 Å². The molecule has 0 aliphatic heterocycles. The van der Waals surface area contributed by atoms with Crippen molar-refractivity contribution >= 4 is 24.2 Å². The molecule has 0 radical (unpaired) electrons. The first kappa shape index (κ1) is 33.5. The van der Waals surface area contributed by atoms with E-state index in [1.165, 1.54) is 0 Å². The number of carboxylic acid groups (broad SMARTS) is 3. The molecule has 0 aliphatic rings. The van der Waals surface area contributed by atoms with Crippen molar-refractivity contribution in [3.63, 3.8) is 0 Å². The first-order valence-electron chi connectivity index (χ1n) is 8.70. The standard InChI is InChI=1S/C5H10O5.3C4H8O2/c6-1-3(8)5(10)4(9)2-7;3*1-2-3-4(5)6/h1,3-5,7-10H,2H2;3*2-3H2,1H3,(H,5,6). The predicted molar refractivity (Wildman–Crippen MR) is 98.8 cm³/mol. The molecule has 11 heteroatoms. The van der Waals surface area contributed by atoms with E-state index in [0.29, 0.717) is 19.3 Å². The average Bonchev–Trinajstić information content (AvgIpc) is 2.60. The molecule has 0 aromatic rings. The molecular weight excluding hydrogens is 380 g/mol. The molecule has 0 spiro atoms. The Kier molecular flexibility index (Phi) is 29.8. The van der Waals surface area contributed by atoms with E-state index in [9.17, 15) is 19.2 Å². The normalized spacial score (nSPS) is 12.2. The topological polar surface area (TPSA) is 210 Å². The van der Waals surface area contributed by atoms with Crippen LogP contribution in [-0.2, 0) is 19.2 Å². The van der Waals surface area contributed by atoms with Crippen LogP contribution in [0, 0.1) is 0 Å². The number of aliphatic carboxylic acids is 3. The van der Waals surface area contributed by atoms with E-state index in [1.807, 2.05) is 20.8 Å². The van der Waals surface area contributed by atoms with Crippen molar-refractivity contribution in [3.05, 3.63) is 0 Å². The summed E-state index contributed by atoms with van der Waals surface area (Å²) in [5.74, 6) is -2.13. The third-order valence-electron chi connectivity index (χ3n) is 2.46. The number of hydrogen-bond donors (Lipinski definition) is 7. The maximum atomic E-state index is 9.76. The Morgan fingerprint density at radius 1 is 0.750 bits per heavy atom. The minimum absolute atomic E-state index is 0.0869. The largest absolute Gasteiger partial charge is 0.481 e. The van der Waals surface area contributed by atoms with Crippen LogP contribution in [0.1, 0.15) is 59.3 Å². The molecule has 0 amide bonds. The highest BCUT2D eigenvalue weighted by Gasteiger charge is 2.22. The van der Waals surface area contributed by atoms with Crippen molar-refractivity contribution in [2.75, 3.05) is 6.61 Å². The minimum Gasteiger partial charge on any atom is -0.481 e. The van der Waals surface area contributed by atoms with Gasteiger partial charge < -0.3 is 40.5 Å². The van der Waals surface area contributed by atoms with Crippen molar-refractivity contribution in [1.82, 2.24) is 0 Å². The highest BCUT2D eigenvalue weighted by Crippen LogP contribution is 1.96. The van der Waals surface area contributed by atoms with Gasteiger partial charge in [-0.25, -0.2) is 0 Å². The molecule has 3 unspecified atom stereocenters.